The van der Waals surface area contributed by atoms with E-state index < -0.39 is 0 Å². The van der Waals surface area contributed by atoms with E-state index in [-0.39, 0.29) is 17.7 Å². The number of rotatable bonds is 4. The molecule has 0 radical (unpaired) electrons. The van der Waals surface area contributed by atoms with Gasteiger partial charge in [-0.05, 0) is 37.8 Å². The Labute approximate surface area is 120 Å². The standard InChI is InChI=1S/C16H24N2O2/c1-11-7-8-15(19)13(9-11)16(20)18-14(10-17)12-5-3-2-4-6-12/h7-9,12,14,19H,2-6,10,17H2,1H3,(H,18,20). The lowest BCUT2D eigenvalue weighted by molar-refractivity contribution is 0.0913. The lowest BCUT2D eigenvalue weighted by atomic mass is 9.84. The fourth-order valence-electron chi connectivity index (χ4n) is 2.98. The summed E-state index contributed by atoms with van der Waals surface area (Å²) in [5, 5.41) is 12.8. The van der Waals surface area contributed by atoms with Gasteiger partial charge in [-0.1, -0.05) is 30.9 Å². The topological polar surface area (TPSA) is 75.3 Å². The number of carbonyl (C=O) groups is 1. The molecule has 1 amide bonds. The van der Waals surface area contributed by atoms with Crippen LogP contribution in [-0.4, -0.2) is 23.6 Å². The van der Waals surface area contributed by atoms with Gasteiger partial charge in [0, 0.05) is 12.6 Å². The van der Waals surface area contributed by atoms with Gasteiger partial charge >= 0.3 is 0 Å². The van der Waals surface area contributed by atoms with Gasteiger partial charge in [-0.2, -0.15) is 0 Å². The highest BCUT2D eigenvalue weighted by atomic mass is 16.3. The Bertz CT molecular complexity index is 468. The van der Waals surface area contributed by atoms with Crippen molar-refractivity contribution in [3.63, 3.8) is 0 Å². The quantitative estimate of drug-likeness (QED) is 0.790. The van der Waals surface area contributed by atoms with Crippen molar-refractivity contribution in [2.24, 2.45) is 11.7 Å². The van der Waals surface area contributed by atoms with Crippen LogP contribution in [0, 0.1) is 12.8 Å². The van der Waals surface area contributed by atoms with Crippen molar-refractivity contribution < 1.29 is 9.90 Å². The molecule has 1 aliphatic carbocycles. The number of aromatic hydroxyl groups is 1. The number of nitrogens with one attached hydrogen (secondary N) is 1. The zero-order valence-electron chi connectivity index (χ0n) is 12.1. The summed E-state index contributed by atoms with van der Waals surface area (Å²) in [6.07, 6.45) is 5.96. The predicted octanol–water partition coefficient (Wildman–Crippen LogP) is 2.34. The number of phenolic OH excluding ortho intramolecular Hbond substituents is 1. The number of nitrogens with two attached hydrogens (primary N) is 1. The summed E-state index contributed by atoms with van der Waals surface area (Å²) in [4.78, 5) is 12.3. The molecule has 4 N–H and O–H groups in total. The highest BCUT2D eigenvalue weighted by molar-refractivity contribution is 5.97. The first-order valence-electron chi connectivity index (χ1n) is 7.42. The number of aryl methyl sites for hydroxylation is 1. The molecule has 0 saturated heterocycles. The van der Waals surface area contributed by atoms with E-state index in [0.29, 0.717) is 18.0 Å². The minimum atomic E-state index is -0.229. The smallest absolute Gasteiger partial charge is 0.255 e. The van der Waals surface area contributed by atoms with Crippen LogP contribution in [0.5, 0.6) is 5.75 Å². The molecule has 1 saturated carbocycles. The number of hydrogen-bond acceptors (Lipinski definition) is 3. The van der Waals surface area contributed by atoms with E-state index in [2.05, 4.69) is 5.32 Å². The lowest BCUT2D eigenvalue weighted by Crippen LogP contribution is -2.45. The van der Waals surface area contributed by atoms with Gasteiger partial charge in [-0.25, -0.2) is 0 Å². The van der Waals surface area contributed by atoms with Gasteiger partial charge in [0.15, 0.2) is 0 Å². The first-order valence-corrected chi connectivity index (χ1v) is 7.42. The van der Waals surface area contributed by atoms with Gasteiger partial charge < -0.3 is 16.2 Å². The van der Waals surface area contributed by atoms with E-state index in [1.165, 1.54) is 19.3 Å². The summed E-state index contributed by atoms with van der Waals surface area (Å²) >= 11 is 0. The average Bonchev–Trinajstić information content (AvgIpc) is 2.48. The van der Waals surface area contributed by atoms with E-state index in [0.717, 1.165) is 18.4 Å². The van der Waals surface area contributed by atoms with E-state index in [1.54, 1.807) is 18.2 Å². The Morgan fingerprint density at radius 1 is 1.40 bits per heavy atom. The van der Waals surface area contributed by atoms with Gasteiger partial charge in [0.05, 0.1) is 5.56 Å². The highest BCUT2D eigenvalue weighted by Gasteiger charge is 2.25. The maximum absolute atomic E-state index is 12.3. The van der Waals surface area contributed by atoms with E-state index >= 15 is 0 Å². The van der Waals surface area contributed by atoms with Crippen LogP contribution in [0.2, 0.25) is 0 Å². The molecule has 0 aliphatic heterocycles. The number of amides is 1. The van der Waals surface area contributed by atoms with Crippen LogP contribution in [0.15, 0.2) is 18.2 Å². The molecule has 1 aromatic rings. The molecule has 110 valence electrons. The van der Waals surface area contributed by atoms with Crippen molar-refractivity contribution in [3.8, 4) is 5.75 Å². The second kappa shape index (κ2) is 6.75. The van der Waals surface area contributed by atoms with Crippen LogP contribution < -0.4 is 11.1 Å². The Kier molecular flexibility index (Phi) is 5.01. The van der Waals surface area contributed by atoms with Crippen molar-refractivity contribution in [2.45, 2.75) is 45.1 Å². The highest BCUT2D eigenvalue weighted by Crippen LogP contribution is 2.27. The van der Waals surface area contributed by atoms with Crippen molar-refractivity contribution in [3.05, 3.63) is 29.3 Å². The summed E-state index contributed by atoms with van der Waals surface area (Å²) in [6.45, 7) is 2.35. The number of hydrogen-bond donors (Lipinski definition) is 3. The summed E-state index contributed by atoms with van der Waals surface area (Å²) in [6, 6.07) is 5.05. The monoisotopic (exact) mass is 276 g/mol. The Hall–Kier alpha value is -1.55. The molecular formula is C16H24N2O2. The van der Waals surface area contributed by atoms with Crippen molar-refractivity contribution >= 4 is 5.91 Å². The third-order valence-corrected chi connectivity index (χ3v) is 4.19. The molecule has 0 heterocycles. The second-order valence-electron chi connectivity index (χ2n) is 5.73. The Morgan fingerprint density at radius 2 is 2.10 bits per heavy atom. The maximum atomic E-state index is 12.3. The normalized spacial score (nSPS) is 17.7. The van der Waals surface area contributed by atoms with Crippen molar-refractivity contribution in [1.82, 2.24) is 5.32 Å². The minimum Gasteiger partial charge on any atom is -0.507 e. The fourth-order valence-corrected chi connectivity index (χ4v) is 2.98. The SMILES string of the molecule is Cc1ccc(O)c(C(=O)NC(CN)C2CCCCC2)c1. The molecule has 2 rings (SSSR count). The van der Waals surface area contributed by atoms with Crippen molar-refractivity contribution in [2.75, 3.05) is 6.54 Å². The van der Waals surface area contributed by atoms with Crippen LogP contribution in [0.25, 0.3) is 0 Å². The largest absolute Gasteiger partial charge is 0.507 e. The lowest BCUT2D eigenvalue weighted by Gasteiger charge is -2.30. The number of benzene rings is 1. The Balaban J connectivity index is 2.06. The van der Waals surface area contributed by atoms with E-state index in [9.17, 15) is 9.90 Å². The molecule has 0 aromatic heterocycles. The summed E-state index contributed by atoms with van der Waals surface area (Å²) < 4.78 is 0. The third kappa shape index (κ3) is 3.51. The molecule has 4 heteroatoms. The maximum Gasteiger partial charge on any atom is 0.255 e. The molecule has 1 fully saturated rings. The minimum absolute atomic E-state index is 0.00251. The van der Waals surface area contributed by atoms with Crippen LogP contribution in [-0.2, 0) is 0 Å². The molecule has 0 bridgehead atoms. The molecule has 1 aliphatic rings. The first-order chi connectivity index (χ1) is 9.61. The zero-order chi connectivity index (χ0) is 14.5. The molecule has 0 spiro atoms. The van der Waals surface area contributed by atoms with Crippen LogP contribution in [0.1, 0.15) is 48.0 Å². The van der Waals surface area contributed by atoms with Crippen LogP contribution >= 0.6 is 0 Å². The Morgan fingerprint density at radius 3 is 2.75 bits per heavy atom. The summed E-state index contributed by atoms with van der Waals surface area (Å²) in [7, 11) is 0. The molecule has 20 heavy (non-hydrogen) atoms. The second-order valence-corrected chi connectivity index (χ2v) is 5.73. The molecular weight excluding hydrogens is 252 g/mol. The first kappa shape index (κ1) is 14.9. The molecule has 1 aromatic carbocycles. The third-order valence-electron chi connectivity index (χ3n) is 4.19. The predicted molar refractivity (Wildman–Crippen MR) is 79.7 cm³/mol. The molecule has 1 unspecified atom stereocenters. The average molecular weight is 276 g/mol. The summed E-state index contributed by atoms with van der Waals surface area (Å²) in [5.41, 5.74) is 7.11. The molecule has 1 atom stereocenters. The summed E-state index contributed by atoms with van der Waals surface area (Å²) in [5.74, 6) is 0.254. The van der Waals surface area contributed by atoms with Gasteiger partial charge in [0.1, 0.15) is 5.75 Å². The van der Waals surface area contributed by atoms with Crippen LogP contribution in [0.4, 0.5) is 0 Å². The van der Waals surface area contributed by atoms with Crippen LogP contribution in [0.3, 0.4) is 0 Å². The van der Waals surface area contributed by atoms with Gasteiger partial charge in [-0.15, -0.1) is 0 Å². The number of carbonyl (C=O) groups excluding carboxylic acids is 1. The van der Waals surface area contributed by atoms with Gasteiger partial charge in [0.25, 0.3) is 5.91 Å². The van der Waals surface area contributed by atoms with E-state index in [1.807, 2.05) is 6.92 Å². The van der Waals surface area contributed by atoms with Crippen molar-refractivity contribution in [1.29, 1.82) is 0 Å². The van der Waals surface area contributed by atoms with E-state index in [4.69, 9.17) is 5.73 Å². The fraction of sp³-hybridized carbons (Fsp3) is 0.562. The van der Waals surface area contributed by atoms with Gasteiger partial charge in [-0.3, -0.25) is 4.79 Å². The van der Waals surface area contributed by atoms with Gasteiger partial charge in [0.2, 0.25) is 0 Å². The number of phenols is 1. The molecule has 4 nitrogen and oxygen atoms in total. The zero-order valence-corrected chi connectivity index (χ0v) is 12.1.